The molecule has 28 heavy (non-hydrogen) atoms. The average molecular weight is 495 g/mol. The largest absolute Gasteiger partial charge is 2.00 e. The third-order valence-electron chi connectivity index (χ3n) is 3.71. The van der Waals surface area contributed by atoms with Crippen LogP contribution in [0.5, 0.6) is 0 Å². The molecule has 0 heterocycles. The summed E-state index contributed by atoms with van der Waals surface area (Å²) in [5.41, 5.74) is 0. The van der Waals surface area contributed by atoms with Crippen LogP contribution < -0.4 is 10.2 Å². The molecule has 1 N–H and O–H groups in total. The van der Waals surface area contributed by atoms with Crippen molar-refractivity contribution in [3.05, 3.63) is 0 Å². The molecule has 0 bridgehead atoms. The normalized spacial score (nSPS) is 9.11. The number of carbonyl (C=O) groups is 3. The van der Waals surface area contributed by atoms with Crippen molar-refractivity contribution in [2.75, 3.05) is 0 Å². The number of carbonyl (C=O) groups excluding carboxylic acids is 2. The second-order valence-electron chi connectivity index (χ2n) is 6.57. The van der Waals surface area contributed by atoms with Crippen LogP contribution in [0, 0.1) is 0 Å². The molecule has 0 aliphatic heterocycles. The molecule has 0 aromatic rings. The number of hydrogen-bond acceptors (Lipinski definition) is 5. The van der Waals surface area contributed by atoms with Gasteiger partial charge in [-0.25, -0.2) is 0 Å². The predicted molar refractivity (Wildman–Crippen MR) is 104 cm³/mol. The van der Waals surface area contributed by atoms with Crippen molar-refractivity contribution in [1.29, 1.82) is 0 Å². The van der Waals surface area contributed by atoms with Gasteiger partial charge >= 0.3 is 26.4 Å². The molecule has 0 aromatic heterocycles. The molecular weight excluding hydrogens is 455 g/mol. The maximum atomic E-state index is 9.96. The van der Waals surface area contributed by atoms with Gasteiger partial charge in [0, 0.05) is 18.4 Å². The van der Waals surface area contributed by atoms with E-state index in [4.69, 9.17) is 5.11 Å². The van der Waals surface area contributed by atoms with E-state index < -0.39 is 17.9 Å². The van der Waals surface area contributed by atoms with Crippen molar-refractivity contribution in [3.8, 4) is 0 Å². The number of aliphatic carboxylic acids is 3. The first-order chi connectivity index (χ1) is 12.8. The zero-order chi connectivity index (χ0) is 21.3. The average Bonchev–Trinajstić information content (AvgIpc) is 2.60. The fourth-order valence-corrected chi connectivity index (χ4v) is 2.10. The van der Waals surface area contributed by atoms with Gasteiger partial charge in [-0.1, -0.05) is 78.6 Å². The summed E-state index contributed by atoms with van der Waals surface area (Å²) in [6.07, 6.45) is 13.1. The van der Waals surface area contributed by atoms with Crippen molar-refractivity contribution in [2.24, 2.45) is 0 Å². The van der Waals surface area contributed by atoms with E-state index in [2.05, 4.69) is 20.8 Å². The summed E-state index contributed by atoms with van der Waals surface area (Å²) < 4.78 is 0. The Morgan fingerprint density at radius 1 is 0.571 bits per heavy atom. The number of carboxylic acid groups (broad SMARTS) is 3. The van der Waals surface area contributed by atoms with E-state index in [9.17, 15) is 24.6 Å². The Labute approximate surface area is 185 Å². The molecule has 6 nitrogen and oxygen atoms in total. The van der Waals surface area contributed by atoms with Gasteiger partial charge in [-0.2, -0.15) is 0 Å². The fourth-order valence-electron chi connectivity index (χ4n) is 2.10. The van der Waals surface area contributed by atoms with E-state index >= 15 is 0 Å². The number of rotatable bonds is 15. The van der Waals surface area contributed by atoms with E-state index in [1.54, 1.807) is 0 Å². The van der Waals surface area contributed by atoms with Gasteiger partial charge in [0.2, 0.25) is 0 Å². The zero-order valence-corrected chi connectivity index (χ0v) is 19.5. The Morgan fingerprint density at radius 2 is 0.857 bits per heavy atom. The maximum Gasteiger partial charge on any atom is 2.00 e. The first kappa shape index (κ1) is 34.6. The first-order valence-corrected chi connectivity index (χ1v) is 10.4. The molecular formula is C21H40O6Pd. The minimum atomic E-state index is -0.925. The number of unbranched alkanes of at least 4 members (excludes halogenated alkanes) is 9. The van der Waals surface area contributed by atoms with E-state index in [0.29, 0.717) is 6.42 Å². The van der Waals surface area contributed by atoms with Gasteiger partial charge in [0.15, 0.2) is 0 Å². The third-order valence-corrected chi connectivity index (χ3v) is 3.71. The second-order valence-corrected chi connectivity index (χ2v) is 6.57. The van der Waals surface area contributed by atoms with Gasteiger partial charge in [-0.05, 0) is 32.1 Å². The molecule has 0 aliphatic carbocycles. The monoisotopic (exact) mass is 494 g/mol. The summed E-state index contributed by atoms with van der Waals surface area (Å²) in [5, 5.41) is 27.9. The van der Waals surface area contributed by atoms with E-state index in [0.717, 1.165) is 70.6 Å². The molecule has 0 aliphatic rings. The van der Waals surface area contributed by atoms with Crippen molar-refractivity contribution >= 4 is 17.9 Å². The van der Waals surface area contributed by atoms with Gasteiger partial charge in [0.05, 0.1) is 0 Å². The Morgan fingerprint density at radius 3 is 1.07 bits per heavy atom. The third kappa shape index (κ3) is 49.8. The van der Waals surface area contributed by atoms with Crippen LogP contribution >= 0.6 is 0 Å². The molecule has 0 radical (unpaired) electrons. The van der Waals surface area contributed by atoms with Crippen molar-refractivity contribution in [1.82, 2.24) is 0 Å². The summed E-state index contributed by atoms with van der Waals surface area (Å²) >= 11 is 0. The van der Waals surface area contributed by atoms with Crippen molar-refractivity contribution in [3.63, 3.8) is 0 Å². The van der Waals surface area contributed by atoms with Crippen LogP contribution in [0.1, 0.15) is 117 Å². The fraction of sp³-hybridized carbons (Fsp3) is 0.857. The van der Waals surface area contributed by atoms with Gasteiger partial charge in [-0.15, -0.1) is 0 Å². The van der Waals surface area contributed by atoms with Crippen LogP contribution in [-0.4, -0.2) is 23.0 Å². The Balaban J connectivity index is -0.000000152. The molecule has 0 atom stereocenters. The van der Waals surface area contributed by atoms with E-state index in [1.807, 2.05) is 0 Å². The minimum absolute atomic E-state index is 0. The summed E-state index contributed by atoms with van der Waals surface area (Å²) in [6, 6.07) is 0. The number of carboxylic acids is 3. The van der Waals surface area contributed by atoms with Crippen molar-refractivity contribution in [2.45, 2.75) is 117 Å². The zero-order valence-electron chi connectivity index (χ0n) is 17.9. The molecule has 7 heteroatoms. The topological polar surface area (TPSA) is 118 Å². The van der Waals surface area contributed by atoms with Crippen LogP contribution in [0.4, 0.5) is 0 Å². The molecule has 0 saturated carbocycles. The Hall–Kier alpha value is -0.928. The van der Waals surface area contributed by atoms with Gasteiger partial charge in [-0.3, -0.25) is 4.79 Å². The summed E-state index contributed by atoms with van der Waals surface area (Å²) in [4.78, 5) is 29.7. The quantitative estimate of drug-likeness (QED) is 0.275. The summed E-state index contributed by atoms with van der Waals surface area (Å²) in [5.74, 6) is -2.52. The smallest absolute Gasteiger partial charge is 0.550 e. The Kier molecular flexibility index (Phi) is 38.0. The standard InChI is InChI=1S/3C7H14O2.Pd/c3*1-2-3-4-5-6-7(8)9;/h3*2-6H2,1H3,(H,8,9);/q;;;+2/p-2. The van der Waals surface area contributed by atoms with Gasteiger partial charge in [0.25, 0.3) is 0 Å². The van der Waals surface area contributed by atoms with E-state index in [1.165, 1.54) is 6.42 Å². The van der Waals surface area contributed by atoms with Gasteiger partial charge < -0.3 is 24.9 Å². The maximum absolute atomic E-state index is 9.96. The minimum Gasteiger partial charge on any atom is -0.550 e. The molecule has 0 unspecified atom stereocenters. The summed E-state index contributed by atoms with van der Waals surface area (Å²) in [6.45, 7) is 6.30. The predicted octanol–water partition coefficient (Wildman–Crippen LogP) is 3.45. The van der Waals surface area contributed by atoms with Crippen LogP contribution in [0.3, 0.4) is 0 Å². The van der Waals surface area contributed by atoms with Crippen LogP contribution in [0.25, 0.3) is 0 Å². The second kappa shape index (κ2) is 30.8. The first-order valence-electron chi connectivity index (χ1n) is 10.4. The molecule has 0 fully saturated rings. The SMILES string of the molecule is CCCCCCC(=O)O.CCCCCCC(=O)[O-].CCCCCCC(=O)[O-].[Pd+2]. The number of hydrogen-bond donors (Lipinski definition) is 1. The Bertz CT molecular complexity index is 295. The molecule has 0 amide bonds. The van der Waals surface area contributed by atoms with Crippen LogP contribution in [0.2, 0.25) is 0 Å². The van der Waals surface area contributed by atoms with Gasteiger partial charge in [0.1, 0.15) is 0 Å². The molecule has 170 valence electrons. The molecule has 0 spiro atoms. The molecule has 0 saturated heterocycles. The van der Waals surface area contributed by atoms with Crippen LogP contribution in [0.15, 0.2) is 0 Å². The molecule has 0 aromatic carbocycles. The van der Waals surface area contributed by atoms with Crippen molar-refractivity contribution < 1.29 is 50.1 Å². The molecule has 0 rings (SSSR count). The van der Waals surface area contributed by atoms with Crippen LogP contribution in [-0.2, 0) is 34.8 Å². The summed E-state index contributed by atoms with van der Waals surface area (Å²) in [7, 11) is 0. The van der Waals surface area contributed by atoms with E-state index in [-0.39, 0.29) is 33.3 Å².